The Hall–Kier alpha value is -2.77. The second-order valence-electron chi connectivity index (χ2n) is 5.36. The average Bonchev–Trinajstić information content (AvgIpc) is 2.66. The summed E-state index contributed by atoms with van der Waals surface area (Å²) in [5.74, 6) is -0.610. The van der Waals surface area contributed by atoms with E-state index in [0.717, 1.165) is 24.6 Å². The van der Waals surface area contributed by atoms with Crippen molar-refractivity contribution in [3.63, 3.8) is 0 Å². The summed E-state index contributed by atoms with van der Waals surface area (Å²) in [5.41, 5.74) is -0.788. The van der Waals surface area contributed by atoms with Gasteiger partial charge in [0.05, 0.1) is 17.7 Å². The lowest BCUT2D eigenvalue weighted by molar-refractivity contribution is 0.415. The maximum atomic E-state index is 14.9. The summed E-state index contributed by atoms with van der Waals surface area (Å²) in [6.45, 7) is 1.99. The number of methoxy groups -OCH3 is 1. The van der Waals surface area contributed by atoms with Crippen LogP contribution in [-0.4, -0.2) is 12.9 Å². The van der Waals surface area contributed by atoms with Crippen LogP contribution in [0.4, 0.5) is 20.2 Å². The quantitative estimate of drug-likeness (QED) is 0.523. The summed E-state index contributed by atoms with van der Waals surface area (Å²) < 4.78 is 34.7. The van der Waals surface area contributed by atoms with Gasteiger partial charge in [-0.1, -0.05) is 13.3 Å². The normalized spacial score (nSPS) is 10.1. The van der Waals surface area contributed by atoms with Gasteiger partial charge in [0.1, 0.15) is 29.0 Å². The summed E-state index contributed by atoms with van der Waals surface area (Å²) in [7, 11) is 1.53. The number of nitrogens with one attached hydrogen (secondary N) is 1. The largest absolute Gasteiger partial charge is 0.497 e. The molecule has 0 aliphatic carbocycles. The minimum absolute atomic E-state index is 0.00215. The summed E-state index contributed by atoms with van der Waals surface area (Å²) in [6.07, 6.45) is 1.72. The molecular formula is C19H17F2N3OS. The van der Waals surface area contributed by atoms with E-state index in [1.807, 2.05) is 6.92 Å². The summed E-state index contributed by atoms with van der Waals surface area (Å²) in [6, 6.07) is 9.84. The third kappa shape index (κ3) is 4.07. The lowest BCUT2D eigenvalue weighted by Crippen LogP contribution is -2.05. The Morgan fingerprint density at radius 2 is 1.69 bits per heavy atom. The number of hydrogen-bond donors (Lipinski definition) is 1. The Bertz CT molecular complexity index is 871. The Morgan fingerprint density at radius 3 is 2.23 bits per heavy atom. The molecule has 26 heavy (non-hydrogen) atoms. The van der Waals surface area contributed by atoms with Crippen molar-refractivity contribution in [2.45, 2.75) is 24.7 Å². The van der Waals surface area contributed by atoms with E-state index in [2.05, 4.69) is 5.32 Å². The number of benzene rings is 2. The molecule has 0 radical (unpaired) electrons. The van der Waals surface area contributed by atoms with Gasteiger partial charge < -0.3 is 10.1 Å². The fourth-order valence-electron chi connectivity index (χ4n) is 2.26. The molecule has 2 rings (SSSR count). The number of unbranched alkanes of at least 4 members (excludes halogenated alkanes) is 1. The fourth-order valence-corrected chi connectivity index (χ4v) is 3.41. The third-order valence-electron chi connectivity index (χ3n) is 3.66. The number of anilines is 2. The number of nitrogens with zero attached hydrogens (tertiary/aromatic N) is 2. The number of hydrogen-bond acceptors (Lipinski definition) is 5. The predicted octanol–water partition coefficient (Wildman–Crippen LogP) is 5.35. The topological polar surface area (TPSA) is 68.8 Å². The Morgan fingerprint density at radius 1 is 1.08 bits per heavy atom. The van der Waals surface area contributed by atoms with E-state index >= 15 is 0 Å². The Balaban J connectivity index is 2.54. The van der Waals surface area contributed by atoms with Crippen molar-refractivity contribution < 1.29 is 13.5 Å². The Kier molecular flexibility index (Phi) is 6.82. The van der Waals surface area contributed by atoms with E-state index in [9.17, 15) is 8.78 Å². The molecule has 0 fully saturated rings. The van der Waals surface area contributed by atoms with Gasteiger partial charge in [-0.05, 0) is 36.4 Å². The highest BCUT2D eigenvalue weighted by atomic mass is 32.2. The highest BCUT2D eigenvalue weighted by Gasteiger charge is 2.25. The summed E-state index contributed by atoms with van der Waals surface area (Å²) in [5, 5.41) is 21.1. The van der Waals surface area contributed by atoms with E-state index in [4.69, 9.17) is 15.3 Å². The van der Waals surface area contributed by atoms with E-state index in [1.54, 1.807) is 36.4 Å². The molecule has 4 nitrogen and oxygen atoms in total. The molecule has 0 saturated carbocycles. The van der Waals surface area contributed by atoms with Crippen LogP contribution in [0.3, 0.4) is 0 Å². The number of nitriles is 2. The molecule has 0 aromatic heterocycles. The molecule has 0 saturated heterocycles. The van der Waals surface area contributed by atoms with Crippen LogP contribution in [0.25, 0.3) is 0 Å². The highest BCUT2D eigenvalue weighted by molar-refractivity contribution is 7.99. The molecule has 0 amide bonds. The lowest BCUT2D eigenvalue weighted by atomic mass is 10.1. The summed E-state index contributed by atoms with van der Waals surface area (Å²) in [4.78, 5) is 0.00215. The van der Waals surface area contributed by atoms with Gasteiger partial charge in [0.2, 0.25) is 0 Å². The standard InChI is InChI=1S/C19H17F2N3OS/c1-3-4-9-26-19-17(21)15(11-23)14(10-22)16(20)18(19)24-12-5-7-13(25-2)8-6-12/h5-8,24H,3-4,9H2,1-2H3. The van der Waals surface area contributed by atoms with Gasteiger partial charge in [-0.3, -0.25) is 0 Å². The molecule has 0 aliphatic rings. The smallest absolute Gasteiger partial charge is 0.167 e. The first kappa shape index (κ1) is 19.6. The van der Waals surface area contributed by atoms with Crippen LogP contribution in [0.2, 0.25) is 0 Å². The zero-order valence-electron chi connectivity index (χ0n) is 14.4. The van der Waals surface area contributed by atoms with Crippen molar-refractivity contribution >= 4 is 23.1 Å². The van der Waals surface area contributed by atoms with Crippen molar-refractivity contribution in [1.29, 1.82) is 10.5 Å². The first-order valence-corrected chi connectivity index (χ1v) is 8.94. The second-order valence-corrected chi connectivity index (χ2v) is 6.47. The van der Waals surface area contributed by atoms with Crippen LogP contribution < -0.4 is 10.1 Å². The van der Waals surface area contributed by atoms with Gasteiger partial charge >= 0.3 is 0 Å². The fraction of sp³-hybridized carbons (Fsp3) is 0.263. The number of thioether (sulfide) groups is 1. The monoisotopic (exact) mass is 373 g/mol. The van der Waals surface area contributed by atoms with Crippen LogP contribution >= 0.6 is 11.8 Å². The minimum Gasteiger partial charge on any atom is -0.497 e. The van der Waals surface area contributed by atoms with Crippen LogP contribution in [-0.2, 0) is 0 Å². The molecule has 0 unspecified atom stereocenters. The van der Waals surface area contributed by atoms with E-state index in [-0.39, 0.29) is 10.6 Å². The van der Waals surface area contributed by atoms with Crippen LogP contribution in [0.5, 0.6) is 5.75 Å². The van der Waals surface area contributed by atoms with Gasteiger partial charge in [-0.15, -0.1) is 11.8 Å². The average molecular weight is 373 g/mol. The molecule has 1 N–H and O–H groups in total. The van der Waals surface area contributed by atoms with Gasteiger partial charge in [0.15, 0.2) is 11.6 Å². The third-order valence-corrected chi connectivity index (χ3v) is 4.83. The van der Waals surface area contributed by atoms with E-state index < -0.39 is 22.8 Å². The molecule has 0 spiro atoms. The van der Waals surface area contributed by atoms with Crippen molar-refractivity contribution in [2.75, 3.05) is 18.2 Å². The Labute approximate surface area is 155 Å². The molecule has 2 aromatic carbocycles. The lowest BCUT2D eigenvalue weighted by Gasteiger charge is -2.16. The molecule has 0 aliphatic heterocycles. The maximum absolute atomic E-state index is 14.9. The zero-order chi connectivity index (χ0) is 19.1. The SMILES string of the molecule is CCCCSc1c(F)c(C#N)c(C#N)c(F)c1Nc1ccc(OC)cc1. The molecule has 0 heterocycles. The number of rotatable bonds is 7. The highest BCUT2D eigenvalue weighted by Crippen LogP contribution is 2.38. The molecule has 0 bridgehead atoms. The number of ether oxygens (including phenoxy) is 1. The second kappa shape index (κ2) is 9.07. The van der Waals surface area contributed by atoms with Crippen molar-refractivity contribution in [3.05, 3.63) is 47.0 Å². The van der Waals surface area contributed by atoms with Crippen LogP contribution in [0.1, 0.15) is 30.9 Å². The van der Waals surface area contributed by atoms with Gasteiger partial charge in [-0.2, -0.15) is 10.5 Å². The van der Waals surface area contributed by atoms with Gasteiger partial charge in [-0.25, -0.2) is 8.78 Å². The van der Waals surface area contributed by atoms with Crippen molar-refractivity contribution in [1.82, 2.24) is 0 Å². The first-order chi connectivity index (χ1) is 12.6. The van der Waals surface area contributed by atoms with E-state index in [0.29, 0.717) is 17.2 Å². The zero-order valence-corrected chi connectivity index (χ0v) is 15.2. The first-order valence-electron chi connectivity index (χ1n) is 7.96. The predicted molar refractivity (Wildman–Crippen MR) is 97.7 cm³/mol. The summed E-state index contributed by atoms with van der Waals surface area (Å²) >= 11 is 1.13. The molecule has 2 aromatic rings. The van der Waals surface area contributed by atoms with Crippen LogP contribution in [0, 0.1) is 34.3 Å². The maximum Gasteiger partial charge on any atom is 0.167 e. The van der Waals surface area contributed by atoms with Gasteiger partial charge in [0, 0.05) is 5.69 Å². The van der Waals surface area contributed by atoms with Crippen molar-refractivity contribution in [3.8, 4) is 17.9 Å². The molecule has 7 heteroatoms. The molecular weight excluding hydrogens is 356 g/mol. The molecule has 134 valence electrons. The van der Waals surface area contributed by atoms with Crippen LogP contribution in [0.15, 0.2) is 29.2 Å². The van der Waals surface area contributed by atoms with E-state index in [1.165, 1.54) is 7.11 Å². The molecule has 0 atom stereocenters. The number of halogens is 2. The van der Waals surface area contributed by atoms with Gasteiger partial charge in [0.25, 0.3) is 0 Å². The van der Waals surface area contributed by atoms with Crippen molar-refractivity contribution in [2.24, 2.45) is 0 Å². The minimum atomic E-state index is -0.930.